The first-order valence-electron chi connectivity index (χ1n) is 10.4. The predicted octanol–water partition coefficient (Wildman–Crippen LogP) is -1.24. The average molecular weight is 499 g/mol. The van der Waals surface area contributed by atoms with Crippen LogP contribution in [-0.2, 0) is 24.0 Å². The number of ether oxygens (including phenoxy) is 1. The van der Waals surface area contributed by atoms with Crippen LogP contribution in [0.15, 0.2) is 30.3 Å². The minimum atomic E-state index is -1.35. The number of carboxylic acids is 5. The molecule has 1 atom stereocenters. The van der Waals surface area contributed by atoms with E-state index < -0.39 is 62.1 Å². The van der Waals surface area contributed by atoms with Gasteiger partial charge in [0.2, 0.25) is 0 Å². The molecule has 0 heterocycles. The monoisotopic (exact) mass is 499 g/mol. The number of carbonyl (C=O) groups is 5. The summed E-state index contributed by atoms with van der Waals surface area (Å²) in [5, 5.41) is 46.0. The van der Waals surface area contributed by atoms with E-state index in [1.54, 1.807) is 30.3 Å². The van der Waals surface area contributed by atoms with Gasteiger partial charge >= 0.3 is 29.8 Å². The molecule has 1 rings (SSSR count). The van der Waals surface area contributed by atoms with Gasteiger partial charge in [0.15, 0.2) is 0 Å². The fraction of sp³-hybridized carbons (Fsp3) is 0.476. The van der Waals surface area contributed by atoms with Gasteiger partial charge in [0.25, 0.3) is 0 Å². The van der Waals surface area contributed by atoms with Crippen LogP contribution in [-0.4, -0.2) is 135 Å². The highest BCUT2D eigenvalue weighted by Crippen LogP contribution is 2.11. The molecule has 14 nitrogen and oxygen atoms in total. The lowest BCUT2D eigenvalue weighted by Crippen LogP contribution is -2.51. The van der Waals surface area contributed by atoms with Crippen LogP contribution in [0.3, 0.4) is 0 Å². The summed E-state index contributed by atoms with van der Waals surface area (Å²) in [6.45, 7) is -3.05. The van der Waals surface area contributed by atoms with Gasteiger partial charge < -0.3 is 30.3 Å². The molecule has 0 fully saturated rings. The van der Waals surface area contributed by atoms with Gasteiger partial charge in [-0.2, -0.15) is 0 Å². The Hall–Kier alpha value is -3.75. The third-order valence-electron chi connectivity index (χ3n) is 4.73. The van der Waals surface area contributed by atoms with Crippen molar-refractivity contribution < 1.29 is 54.2 Å². The molecular formula is C21H29N3O11. The number of para-hydroxylation sites is 1. The predicted molar refractivity (Wildman–Crippen MR) is 118 cm³/mol. The van der Waals surface area contributed by atoms with Crippen molar-refractivity contribution >= 4 is 29.8 Å². The molecule has 0 radical (unpaired) electrons. The zero-order valence-electron chi connectivity index (χ0n) is 18.9. The summed E-state index contributed by atoms with van der Waals surface area (Å²) in [5.41, 5.74) is 0. The highest BCUT2D eigenvalue weighted by molar-refractivity contribution is 5.76. The van der Waals surface area contributed by atoms with Crippen LogP contribution in [0.2, 0.25) is 0 Å². The molecule has 1 aromatic rings. The zero-order valence-corrected chi connectivity index (χ0v) is 18.9. The van der Waals surface area contributed by atoms with Crippen LogP contribution in [0.4, 0.5) is 0 Å². The Bertz CT molecular complexity index is 849. The molecule has 0 aliphatic heterocycles. The molecule has 194 valence electrons. The number of nitrogens with zero attached hydrogens (tertiary/aromatic N) is 3. The number of benzene rings is 1. The highest BCUT2D eigenvalue weighted by atomic mass is 16.5. The highest BCUT2D eigenvalue weighted by Gasteiger charge is 2.29. The summed E-state index contributed by atoms with van der Waals surface area (Å²) < 4.78 is 5.48. The standard InChI is InChI=1S/C21H29N3O11/c25-17(26)10-22(6-7-23(11-18(27)28)12-19(29)30)8-9-24(13-20(31)32)16(21(33)34)14-35-15-4-2-1-3-5-15/h1-5,16H,6-14H2,(H,25,26)(H,27,28)(H,29,30)(H,31,32)(H,33,34). The Kier molecular flexibility index (Phi) is 12.7. The first-order chi connectivity index (χ1) is 16.5. The third-order valence-corrected chi connectivity index (χ3v) is 4.73. The Morgan fingerprint density at radius 3 is 1.60 bits per heavy atom. The van der Waals surface area contributed by atoms with E-state index in [0.717, 1.165) is 9.80 Å². The first-order valence-corrected chi connectivity index (χ1v) is 10.4. The van der Waals surface area contributed by atoms with Crippen molar-refractivity contribution in [1.29, 1.82) is 0 Å². The van der Waals surface area contributed by atoms with Crippen molar-refractivity contribution in [2.45, 2.75) is 6.04 Å². The lowest BCUT2D eigenvalue weighted by Gasteiger charge is -2.30. The molecule has 0 saturated heterocycles. The molecule has 35 heavy (non-hydrogen) atoms. The second-order valence-electron chi connectivity index (χ2n) is 7.51. The molecule has 0 amide bonds. The van der Waals surface area contributed by atoms with Gasteiger partial charge in [-0.05, 0) is 12.1 Å². The molecule has 5 N–H and O–H groups in total. The smallest absolute Gasteiger partial charge is 0.324 e. The van der Waals surface area contributed by atoms with Crippen LogP contribution >= 0.6 is 0 Å². The molecule has 1 unspecified atom stereocenters. The second-order valence-corrected chi connectivity index (χ2v) is 7.51. The van der Waals surface area contributed by atoms with Crippen molar-refractivity contribution in [2.75, 3.05) is 59.0 Å². The van der Waals surface area contributed by atoms with Crippen molar-refractivity contribution in [3.63, 3.8) is 0 Å². The van der Waals surface area contributed by atoms with Gasteiger partial charge in [0, 0.05) is 26.2 Å². The Morgan fingerprint density at radius 1 is 0.657 bits per heavy atom. The van der Waals surface area contributed by atoms with E-state index in [0.29, 0.717) is 5.75 Å². The summed E-state index contributed by atoms with van der Waals surface area (Å²) in [7, 11) is 0. The second kappa shape index (κ2) is 15.2. The zero-order chi connectivity index (χ0) is 26.4. The summed E-state index contributed by atoms with van der Waals surface area (Å²) >= 11 is 0. The van der Waals surface area contributed by atoms with E-state index in [-0.39, 0.29) is 32.8 Å². The van der Waals surface area contributed by atoms with E-state index in [2.05, 4.69) is 0 Å². The van der Waals surface area contributed by atoms with Gasteiger partial charge in [0.05, 0.1) is 26.2 Å². The van der Waals surface area contributed by atoms with Crippen molar-refractivity contribution in [3.05, 3.63) is 30.3 Å². The number of carboxylic acid groups (broad SMARTS) is 5. The molecule has 0 saturated carbocycles. The van der Waals surface area contributed by atoms with E-state index in [9.17, 15) is 39.3 Å². The number of aliphatic carboxylic acids is 5. The van der Waals surface area contributed by atoms with Gasteiger partial charge in [-0.15, -0.1) is 0 Å². The largest absolute Gasteiger partial charge is 0.491 e. The molecular weight excluding hydrogens is 470 g/mol. The summed E-state index contributed by atoms with van der Waals surface area (Å²) in [4.78, 5) is 59.9. The lowest BCUT2D eigenvalue weighted by molar-refractivity contribution is -0.148. The summed E-state index contributed by atoms with van der Waals surface area (Å²) in [6, 6.07) is 6.96. The molecule has 0 spiro atoms. The number of rotatable bonds is 19. The Morgan fingerprint density at radius 2 is 1.11 bits per heavy atom. The van der Waals surface area contributed by atoms with Crippen LogP contribution in [0.5, 0.6) is 5.75 Å². The van der Waals surface area contributed by atoms with Crippen LogP contribution in [0.1, 0.15) is 0 Å². The van der Waals surface area contributed by atoms with Gasteiger partial charge in [-0.1, -0.05) is 18.2 Å². The maximum Gasteiger partial charge on any atom is 0.324 e. The quantitative estimate of drug-likeness (QED) is 0.151. The van der Waals surface area contributed by atoms with Gasteiger partial charge in [-0.25, -0.2) is 0 Å². The molecule has 14 heteroatoms. The maximum atomic E-state index is 11.8. The van der Waals surface area contributed by atoms with E-state index in [4.69, 9.17) is 14.9 Å². The normalized spacial score (nSPS) is 12.0. The number of hydrogen-bond donors (Lipinski definition) is 5. The molecule has 0 aliphatic rings. The minimum absolute atomic E-state index is 0.0496. The lowest BCUT2D eigenvalue weighted by atomic mass is 10.2. The fourth-order valence-corrected chi connectivity index (χ4v) is 3.15. The van der Waals surface area contributed by atoms with Crippen molar-refractivity contribution in [2.24, 2.45) is 0 Å². The fourth-order valence-electron chi connectivity index (χ4n) is 3.15. The maximum absolute atomic E-state index is 11.8. The molecule has 0 aromatic heterocycles. The van der Waals surface area contributed by atoms with Crippen LogP contribution < -0.4 is 4.74 Å². The third kappa shape index (κ3) is 12.9. The SMILES string of the molecule is O=C(O)CN(CCN(CC(=O)O)CC(=O)O)CCN(CC(=O)O)C(COc1ccccc1)C(=O)O. The summed E-state index contributed by atoms with van der Waals surface area (Å²) in [5.74, 6) is -5.98. The van der Waals surface area contributed by atoms with Crippen LogP contribution in [0.25, 0.3) is 0 Å². The molecule has 0 bridgehead atoms. The molecule has 0 aliphatic carbocycles. The van der Waals surface area contributed by atoms with Gasteiger partial charge in [0.1, 0.15) is 18.4 Å². The van der Waals surface area contributed by atoms with E-state index in [1.165, 1.54) is 4.90 Å². The minimum Gasteiger partial charge on any atom is -0.491 e. The van der Waals surface area contributed by atoms with Gasteiger partial charge in [-0.3, -0.25) is 38.7 Å². The average Bonchev–Trinajstić information content (AvgIpc) is 2.74. The van der Waals surface area contributed by atoms with Crippen molar-refractivity contribution in [1.82, 2.24) is 14.7 Å². The summed E-state index contributed by atoms with van der Waals surface area (Å²) in [6.07, 6.45) is 0. The van der Waals surface area contributed by atoms with Crippen molar-refractivity contribution in [3.8, 4) is 5.75 Å². The van der Waals surface area contributed by atoms with E-state index >= 15 is 0 Å². The van der Waals surface area contributed by atoms with E-state index in [1.807, 2.05) is 0 Å². The first kappa shape index (κ1) is 29.3. The Balaban J connectivity index is 2.90. The van der Waals surface area contributed by atoms with Crippen LogP contribution in [0, 0.1) is 0 Å². The molecule has 1 aromatic carbocycles. The topological polar surface area (TPSA) is 205 Å². The number of hydrogen-bond acceptors (Lipinski definition) is 9. The Labute approximate surface area is 200 Å².